The van der Waals surface area contributed by atoms with Crippen LogP contribution in [0.5, 0.6) is 0 Å². The molecule has 1 amide bonds. The molecule has 0 saturated carbocycles. The number of hydrogen-bond acceptors (Lipinski definition) is 6. The van der Waals surface area contributed by atoms with Crippen LogP contribution in [0.4, 0.5) is 11.9 Å². The molecular weight excluding hydrogens is 268 g/mol. The average Bonchev–Trinajstić information content (AvgIpc) is 2.36. The Bertz CT molecular complexity index is 428. The molecule has 0 aliphatic rings. The number of likely N-dealkylation sites (N-methyl/N-ethyl adjacent to an activating group) is 1. The van der Waals surface area contributed by atoms with Gasteiger partial charge in [-0.05, 0) is 31.9 Å². The van der Waals surface area contributed by atoms with Crippen molar-refractivity contribution in [1.29, 1.82) is 0 Å². The van der Waals surface area contributed by atoms with Crippen LogP contribution >= 0.6 is 11.6 Å². The van der Waals surface area contributed by atoms with Crippen LogP contribution in [-0.2, 0) is 4.79 Å². The van der Waals surface area contributed by atoms with E-state index in [4.69, 9.17) is 11.6 Å². The Morgan fingerprint density at radius 2 is 1.95 bits per heavy atom. The Morgan fingerprint density at radius 1 is 1.26 bits per heavy atom. The summed E-state index contributed by atoms with van der Waals surface area (Å²) in [6, 6.07) is -0.447. The highest BCUT2D eigenvalue weighted by Crippen LogP contribution is 2.10. The summed E-state index contributed by atoms with van der Waals surface area (Å²) in [7, 11) is 0. The first-order valence-corrected chi connectivity index (χ1v) is 6.64. The fourth-order valence-electron chi connectivity index (χ4n) is 1.32. The molecule has 0 fully saturated rings. The zero-order valence-corrected chi connectivity index (χ0v) is 12.1. The highest BCUT2D eigenvalue weighted by molar-refractivity contribution is 6.28. The van der Waals surface area contributed by atoms with Crippen LogP contribution in [0, 0.1) is 0 Å². The quantitative estimate of drug-likeness (QED) is 0.699. The summed E-state index contributed by atoms with van der Waals surface area (Å²) in [5.41, 5.74) is 0. The molecule has 0 aliphatic heterocycles. The van der Waals surface area contributed by atoms with Gasteiger partial charge in [0.15, 0.2) is 0 Å². The van der Waals surface area contributed by atoms with Crippen LogP contribution in [0.2, 0.25) is 5.28 Å². The number of halogens is 1. The smallest absolute Gasteiger partial charge is 0.242 e. The van der Waals surface area contributed by atoms with E-state index in [1.54, 1.807) is 6.92 Å². The summed E-state index contributed by atoms with van der Waals surface area (Å²) in [6.45, 7) is 6.93. The summed E-state index contributed by atoms with van der Waals surface area (Å²) in [6.07, 6.45) is 0.946. The number of anilines is 2. The largest absolute Gasteiger partial charge is 0.355 e. The molecule has 0 spiro atoms. The molecule has 8 heteroatoms. The summed E-state index contributed by atoms with van der Waals surface area (Å²) in [5, 5.41) is 8.69. The van der Waals surface area contributed by atoms with Crippen LogP contribution in [0.25, 0.3) is 0 Å². The molecule has 1 heterocycles. The van der Waals surface area contributed by atoms with Crippen molar-refractivity contribution < 1.29 is 4.79 Å². The van der Waals surface area contributed by atoms with E-state index < -0.39 is 6.04 Å². The highest BCUT2D eigenvalue weighted by atomic mass is 35.5. The number of aromatic nitrogens is 3. The number of carbonyl (C=O) groups is 1. The molecule has 106 valence electrons. The van der Waals surface area contributed by atoms with Crippen LogP contribution < -0.4 is 16.0 Å². The number of hydrogen-bond donors (Lipinski definition) is 3. The predicted molar refractivity (Wildman–Crippen MR) is 75.4 cm³/mol. The second-order valence-electron chi connectivity index (χ2n) is 3.94. The normalized spacial score (nSPS) is 11.8. The maximum absolute atomic E-state index is 11.6. The molecule has 0 saturated heterocycles. The Balaban J connectivity index is 2.71. The minimum absolute atomic E-state index is 0.0826. The molecule has 0 radical (unpaired) electrons. The second kappa shape index (κ2) is 7.73. The third kappa shape index (κ3) is 5.25. The van der Waals surface area contributed by atoms with Crippen molar-refractivity contribution in [1.82, 2.24) is 20.3 Å². The van der Waals surface area contributed by atoms with Gasteiger partial charge in [0, 0.05) is 13.1 Å². The van der Waals surface area contributed by atoms with E-state index in [-0.39, 0.29) is 17.1 Å². The average molecular weight is 287 g/mol. The van der Waals surface area contributed by atoms with E-state index in [2.05, 4.69) is 30.9 Å². The minimum atomic E-state index is -0.447. The Kier molecular flexibility index (Phi) is 6.27. The second-order valence-corrected chi connectivity index (χ2v) is 4.28. The van der Waals surface area contributed by atoms with Gasteiger partial charge >= 0.3 is 0 Å². The zero-order chi connectivity index (χ0) is 14.3. The van der Waals surface area contributed by atoms with E-state index in [1.165, 1.54) is 0 Å². The number of nitrogens with zero attached hydrogens (tertiary/aromatic N) is 3. The third-order valence-electron chi connectivity index (χ3n) is 2.23. The maximum atomic E-state index is 11.6. The fraction of sp³-hybridized carbons (Fsp3) is 0.636. The SMILES string of the molecule is CCCNc1nc(Cl)nc(NC(C)C(=O)NCC)n1. The van der Waals surface area contributed by atoms with Gasteiger partial charge in [0.25, 0.3) is 0 Å². The van der Waals surface area contributed by atoms with Gasteiger partial charge in [0.2, 0.25) is 23.1 Å². The topological polar surface area (TPSA) is 91.8 Å². The maximum Gasteiger partial charge on any atom is 0.242 e. The molecular formula is C11H19ClN6O. The van der Waals surface area contributed by atoms with Gasteiger partial charge in [-0.3, -0.25) is 4.79 Å². The summed E-state index contributed by atoms with van der Waals surface area (Å²) in [5.74, 6) is 0.548. The van der Waals surface area contributed by atoms with Gasteiger partial charge in [-0.15, -0.1) is 0 Å². The molecule has 7 nitrogen and oxygen atoms in total. The first-order valence-electron chi connectivity index (χ1n) is 6.26. The van der Waals surface area contributed by atoms with Crippen LogP contribution in [0.15, 0.2) is 0 Å². The zero-order valence-electron chi connectivity index (χ0n) is 11.3. The standard InChI is InChI=1S/C11H19ClN6O/c1-4-6-14-10-16-9(12)17-11(18-10)15-7(3)8(19)13-5-2/h7H,4-6H2,1-3H3,(H,13,19)(H2,14,15,16,17,18). The molecule has 1 rings (SSSR count). The first-order chi connectivity index (χ1) is 9.06. The van der Waals surface area contributed by atoms with Crippen LogP contribution in [-0.4, -0.2) is 40.0 Å². The van der Waals surface area contributed by atoms with E-state index in [9.17, 15) is 4.79 Å². The van der Waals surface area contributed by atoms with Crippen molar-refractivity contribution in [2.45, 2.75) is 33.2 Å². The van der Waals surface area contributed by atoms with Gasteiger partial charge in [-0.25, -0.2) is 0 Å². The van der Waals surface area contributed by atoms with Gasteiger partial charge in [0.05, 0.1) is 0 Å². The molecule has 0 aliphatic carbocycles. The van der Waals surface area contributed by atoms with E-state index in [0.717, 1.165) is 13.0 Å². The molecule has 1 aromatic rings. The first kappa shape index (κ1) is 15.4. The summed E-state index contributed by atoms with van der Waals surface area (Å²) in [4.78, 5) is 23.6. The molecule has 1 unspecified atom stereocenters. The van der Waals surface area contributed by atoms with Crippen molar-refractivity contribution in [3.63, 3.8) is 0 Å². The Hall–Kier alpha value is -1.63. The van der Waals surface area contributed by atoms with Gasteiger partial charge < -0.3 is 16.0 Å². The molecule has 19 heavy (non-hydrogen) atoms. The molecule has 0 bridgehead atoms. The number of amides is 1. The van der Waals surface area contributed by atoms with E-state index >= 15 is 0 Å². The molecule has 1 aromatic heterocycles. The van der Waals surface area contributed by atoms with Gasteiger partial charge in [0.1, 0.15) is 6.04 Å². The summed E-state index contributed by atoms with van der Waals surface area (Å²) >= 11 is 5.81. The molecule has 1 atom stereocenters. The van der Waals surface area contributed by atoms with Crippen LogP contribution in [0.1, 0.15) is 27.2 Å². The predicted octanol–water partition coefficient (Wildman–Crippen LogP) is 1.28. The van der Waals surface area contributed by atoms with Crippen molar-refractivity contribution >= 4 is 29.4 Å². The minimum Gasteiger partial charge on any atom is -0.355 e. The van der Waals surface area contributed by atoms with E-state index in [1.807, 2.05) is 13.8 Å². The molecule has 3 N–H and O–H groups in total. The lowest BCUT2D eigenvalue weighted by molar-refractivity contribution is -0.121. The lowest BCUT2D eigenvalue weighted by Crippen LogP contribution is -2.37. The Morgan fingerprint density at radius 3 is 2.58 bits per heavy atom. The highest BCUT2D eigenvalue weighted by Gasteiger charge is 2.14. The van der Waals surface area contributed by atoms with Crippen LogP contribution in [0.3, 0.4) is 0 Å². The number of rotatable bonds is 7. The number of nitrogens with one attached hydrogen (secondary N) is 3. The summed E-state index contributed by atoms with van der Waals surface area (Å²) < 4.78 is 0. The molecule has 0 aromatic carbocycles. The van der Waals surface area contributed by atoms with Gasteiger partial charge in [-0.1, -0.05) is 6.92 Å². The number of carbonyl (C=O) groups excluding carboxylic acids is 1. The monoisotopic (exact) mass is 286 g/mol. The lowest BCUT2D eigenvalue weighted by Gasteiger charge is -2.13. The Labute approximate surface area is 117 Å². The van der Waals surface area contributed by atoms with Gasteiger partial charge in [-0.2, -0.15) is 15.0 Å². The van der Waals surface area contributed by atoms with Crippen molar-refractivity contribution in [2.75, 3.05) is 23.7 Å². The van der Waals surface area contributed by atoms with E-state index in [0.29, 0.717) is 12.5 Å². The fourth-order valence-corrected chi connectivity index (χ4v) is 1.48. The lowest BCUT2D eigenvalue weighted by atomic mass is 10.3. The van der Waals surface area contributed by atoms with Crippen molar-refractivity contribution in [3.05, 3.63) is 5.28 Å². The third-order valence-corrected chi connectivity index (χ3v) is 2.40. The van der Waals surface area contributed by atoms with Crippen molar-refractivity contribution in [3.8, 4) is 0 Å². The van der Waals surface area contributed by atoms with Crippen molar-refractivity contribution in [2.24, 2.45) is 0 Å².